The minimum atomic E-state index is 0.852. The summed E-state index contributed by atoms with van der Waals surface area (Å²) in [6, 6.07) is 0. The van der Waals surface area contributed by atoms with Crippen molar-refractivity contribution in [3.63, 3.8) is 0 Å². The Morgan fingerprint density at radius 3 is 2.94 bits per heavy atom. The van der Waals surface area contributed by atoms with Gasteiger partial charge in [-0.05, 0) is 32.2 Å². The summed E-state index contributed by atoms with van der Waals surface area (Å²) in [6.07, 6.45) is 8.86. The third-order valence-electron chi connectivity index (χ3n) is 3.48. The SMILES string of the molecule is CCn1cnnc1CNCC1CCCCC1. The number of hydrogen-bond donors (Lipinski definition) is 1. The number of hydrogen-bond acceptors (Lipinski definition) is 3. The predicted molar refractivity (Wildman–Crippen MR) is 64.0 cm³/mol. The number of rotatable bonds is 5. The average Bonchev–Trinajstić information content (AvgIpc) is 2.78. The second-order valence-electron chi connectivity index (χ2n) is 4.67. The maximum Gasteiger partial charge on any atom is 0.146 e. The molecule has 90 valence electrons. The summed E-state index contributed by atoms with van der Waals surface area (Å²) < 4.78 is 2.09. The van der Waals surface area contributed by atoms with Gasteiger partial charge in [0.25, 0.3) is 0 Å². The van der Waals surface area contributed by atoms with Crippen LogP contribution in [0.1, 0.15) is 44.9 Å². The van der Waals surface area contributed by atoms with Crippen LogP contribution >= 0.6 is 0 Å². The first-order valence-electron chi connectivity index (χ1n) is 6.47. The molecule has 1 N–H and O–H groups in total. The third-order valence-corrected chi connectivity index (χ3v) is 3.48. The average molecular weight is 222 g/mol. The molecule has 0 atom stereocenters. The van der Waals surface area contributed by atoms with Crippen LogP contribution in [-0.2, 0) is 13.1 Å². The van der Waals surface area contributed by atoms with Crippen molar-refractivity contribution >= 4 is 0 Å². The molecule has 0 amide bonds. The molecular weight excluding hydrogens is 200 g/mol. The fraction of sp³-hybridized carbons (Fsp3) is 0.833. The van der Waals surface area contributed by atoms with E-state index < -0.39 is 0 Å². The lowest BCUT2D eigenvalue weighted by Crippen LogP contribution is -2.25. The normalized spacial score (nSPS) is 17.8. The van der Waals surface area contributed by atoms with Gasteiger partial charge in [0.05, 0.1) is 6.54 Å². The zero-order valence-electron chi connectivity index (χ0n) is 10.2. The highest BCUT2D eigenvalue weighted by Crippen LogP contribution is 2.22. The molecule has 1 aromatic rings. The zero-order valence-corrected chi connectivity index (χ0v) is 10.2. The molecule has 0 radical (unpaired) electrons. The van der Waals surface area contributed by atoms with E-state index in [0.717, 1.165) is 31.4 Å². The van der Waals surface area contributed by atoms with Gasteiger partial charge in [0.2, 0.25) is 0 Å². The van der Waals surface area contributed by atoms with Crippen molar-refractivity contribution < 1.29 is 0 Å². The molecule has 1 saturated carbocycles. The third kappa shape index (κ3) is 3.04. The Morgan fingerprint density at radius 1 is 1.38 bits per heavy atom. The molecule has 0 unspecified atom stereocenters. The molecule has 2 rings (SSSR count). The molecule has 1 fully saturated rings. The number of nitrogens with zero attached hydrogens (tertiary/aromatic N) is 3. The largest absolute Gasteiger partial charge is 0.317 e. The van der Waals surface area contributed by atoms with Crippen LogP contribution < -0.4 is 5.32 Å². The molecule has 1 aliphatic rings. The van der Waals surface area contributed by atoms with Gasteiger partial charge >= 0.3 is 0 Å². The van der Waals surface area contributed by atoms with Gasteiger partial charge in [0, 0.05) is 6.54 Å². The number of aryl methyl sites for hydroxylation is 1. The van der Waals surface area contributed by atoms with Gasteiger partial charge < -0.3 is 9.88 Å². The van der Waals surface area contributed by atoms with Crippen molar-refractivity contribution in [1.82, 2.24) is 20.1 Å². The van der Waals surface area contributed by atoms with Crippen LogP contribution in [0.2, 0.25) is 0 Å². The van der Waals surface area contributed by atoms with Crippen molar-refractivity contribution in [2.75, 3.05) is 6.54 Å². The van der Waals surface area contributed by atoms with Crippen molar-refractivity contribution in [1.29, 1.82) is 0 Å². The van der Waals surface area contributed by atoms with Gasteiger partial charge in [-0.3, -0.25) is 0 Å². The Labute approximate surface area is 97.5 Å². The second kappa shape index (κ2) is 5.99. The summed E-state index contributed by atoms with van der Waals surface area (Å²) in [6.45, 7) is 5.06. The van der Waals surface area contributed by atoms with Crippen molar-refractivity contribution in [3.8, 4) is 0 Å². The fourth-order valence-corrected chi connectivity index (χ4v) is 2.46. The Morgan fingerprint density at radius 2 is 2.19 bits per heavy atom. The van der Waals surface area contributed by atoms with Crippen molar-refractivity contribution in [2.24, 2.45) is 5.92 Å². The minimum Gasteiger partial charge on any atom is -0.317 e. The van der Waals surface area contributed by atoms with E-state index in [9.17, 15) is 0 Å². The van der Waals surface area contributed by atoms with E-state index >= 15 is 0 Å². The summed E-state index contributed by atoms with van der Waals surface area (Å²) in [5.41, 5.74) is 0. The first-order chi connectivity index (χ1) is 7.90. The summed E-state index contributed by atoms with van der Waals surface area (Å²) >= 11 is 0. The molecular formula is C12H22N4. The van der Waals surface area contributed by atoms with Crippen LogP contribution in [0.25, 0.3) is 0 Å². The Balaban J connectivity index is 1.71. The highest BCUT2D eigenvalue weighted by molar-refractivity contribution is 4.84. The monoisotopic (exact) mass is 222 g/mol. The summed E-state index contributed by atoms with van der Waals surface area (Å²) in [7, 11) is 0. The maximum atomic E-state index is 4.12. The molecule has 1 aliphatic carbocycles. The van der Waals surface area contributed by atoms with Gasteiger partial charge in [-0.15, -0.1) is 10.2 Å². The van der Waals surface area contributed by atoms with E-state index in [1.165, 1.54) is 32.1 Å². The van der Waals surface area contributed by atoms with Crippen LogP contribution in [0, 0.1) is 5.92 Å². The molecule has 16 heavy (non-hydrogen) atoms. The molecule has 0 aliphatic heterocycles. The summed E-state index contributed by atoms with van der Waals surface area (Å²) in [4.78, 5) is 0. The quantitative estimate of drug-likeness (QED) is 0.828. The van der Waals surface area contributed by atoms with Crippen molar-refractivity contribution in [2.45, 2.75) is 52.1 Å². The molecule has 0 spiro atoms. The van der Waals surface area contributed by atoms with Crippen LogP contribution in [0.15, 0.2) is 6.33 Å². The Hall–Kier alpha value is -0.900. The smallest absolute Gasteiger partial charge is 0.146 e. The summed E-state index contributed by atoms with van der Waals surface area (Å²) in [5.74, 6) is 1.94. The predicted octanol–water partition coefficient (Wildman–Crippen LogP) is 1.97. The van der Waals surface area contributed by atoms with E-state index in [-0.39, 0.29) is 0 Å². The van der Waals surface area contributed by atoms with Gasteiger partial charge in [-0.2, -0.15) is 0 Å². The fourth-order valence-electron chi connectivity index (χ4n) is 2.46. The highest BCUT2D eigenvalue weighted by atomic mass is 15.3. The first kappa shape index (κ1) is 11.6. The lowest BCUT2D eigenvalue weighted by molar-refractivity contribution is 0.340. The molecule has 4 heteroatoms. The molecule has 0 aromatic carbocycles. The van der Waals surface area contributed by atoms with E-state index in [0.29, 0.717) is 0 Å². The second-order valence-corrected chi connectivity index (χ2v) is 4.67. The Bertz CT molecular complexity index is 302. The number of nitrogens with one attached hydrogen (secondary N) is 1. The van der Waals surface area contributed by atoms with Gasteiger partial charge in [0.15, 0.2) is 0 Å². The van der Waals surface area contributed by atoms with Gasteiger partial charge in [-0.25, -0.2) is 0 Å². The molecule has 1 heterocycles. The lowest BCUT2D eigenvalue weighted by atomic mass is 9.89. The van der Waals surface area contributed by atoms with Crippen LogP contribution in [-0.4, -0.2) is 21.3 Å². The maximum absolute atomic E-state index is 4.12. The zero-order chi connectivity index (χ0) is 11.2. The molecule has 0 bridgehead atoms. The standard InChI is InChI=1S/C12H22N4/c1-2-16-10-14-15-12(16)9-13-8-11-6-4-3-5-7-11/h10-11,13H,2-9H2,1H3. The van der Waals surface area contributed by atoms with Gasteiger partial charge in [-0.1, -0.05) is 19.3 Å². The minimum absolute atomic E-state index is 0.852. The summed E-state index contributed by atoms with van der Waals surface area (Å²) in [5, 5.41) is 11.6. The molecule has 4 nitrogen and oxygen atoms in total. The van der Waals surface area contributed by atoms with E-state index in [2.05, 4.69) is 27.0 Å². The topological polar surface area (TPSA) is 42.7 Å². The van der Waals surface area contributed by atoms with Crippen LogP contribution in [0.5, 0.6) is 0 Å². The van der Waals surface area contributed by atoms with Gasteiger partial charge in [0.1, 0.15) is 12.2 Å². The molecule has 0 saturated heterocycles. The van der Waals surface area contributed by atoms with E-state index in [1.54, 1.807) is 6.33 Å². The van der Waals surface area contributed by atoms with E-state index in [1.807, 2.05) is 0 Å². The Kier molecular flexibility index (Phi) is 4.34. The first-order valence-corrected chi connectivity index (χ1v) is 6.47. The lowest BCUT2D eigenvalue weighted by Gasteiger charge is -2.21. The highest BCUT2D eigenvalue weighted by Gasteiger charge is 2.13. The number of aromatic nitrogens is 3. The van der Waals surface area contributed by atoms with E-state index in [4.69, 9.17) is 0 Å². The van der Waals surface area contributed by atoms with Crippen molar-refractivity contribution in [3.05, 3.63) is 12.2 Å². The van der Waals surface area contributed by atoms with Crippen LogP contribution in [0.3, 0.4) is 0 Å². The molecule has 1 aromatic heterocycles. The van der Waals surface area contributed by atoms with Crippen LogP contribution in [0.4, 0.5) is 0 Å².